The molecule has 1 atom stereocenters. The van der Waals surface area contributed by atoms with Gasteiger partial charge in [-0.2, -0.15) is 5.10 Å². The van der Waals surface area contributed by atoms with Crippen LogP contribution in [0.4, 0.5) is 0 Å². The van der Waals surface area contributed by atoms with E-state index in [2.05, 4.69) is 26.8 Å². The molecule has 0 saturated heterocycles. The highest BCUT2D eigenvalue weighted by atomic mass is 16.4. The first kappa shape index (κ1) is 12.4. The molecule has 88 valence electrons. The lowest BCUT2D eigenvalue weighted by atomic mass is 10.1. The van der Waals surface area contributed by atoms with Crippen LogP contribution in [0.15, 0.2) is 27.5 Å². The molecule has 6 nitrogen and oxygen atoms in total. The van der Waals surface area contributed by atoms with Gasteiger partial charge in [0, 0.05) is 0 Å². The van der Waals surface area contributed by atoms with E-state index in [0.29, 0.717) is 17.3 Å². The Kier molecular flexibility index (Phi) is 4.65. The van der Waals surface area contributed by atoms with Crippen molar-refractivity contribution in [3.8, 4) is 0 Å². The van der Waals surface area contributed by atoms with Gasteiger partial charge in [-0.1, -0.05) is 17.3 Å². The average molecular weight is 223 g/mol. The highest BCUT2D eigenvalue weighted by Gasteiger charge is 2.11. The van der Waals surface area contributed by atoms with Crippen molar-refractivity contribution in [3.63, 3.8) is 0 Å². The zero-order valence-electron chi connectivity index (χ0n) is 9.51. The van der Waals surface area contributed by atoms with Crippen LogP contribution >= 0.6 is 0 Å². The van der Waals surface area contributed by atoms with E-state index in [0.717, 1.165) is 13.0 Å². The smallest absolute Gasteiger partial charge is 0.143 e. The fourth-order valence-corrected chi connectivity index (χ4v) is 1.17. The fourth-order valence-electron chi connectivity index (χ4n) is 1.17. The first-order valence-corrected chi connectivity index (χ1v) is 5.12. The Morgan fingerprint density at radius 3 is 2.69 bits per heavy atom. The normalized spacial score (nSPS) is 23.6. The number of nitrogens with zero attached hydrogens (tertiary/aromatic N) is 3. The molecule has 0 radical (unpaired) electrons. The predicted molar refractivity (Wildman–Crippen MR) is 65.2 cm³/mol. The molecule has 1 aliphatic rings. The molecule has 0 amide bonds. The minimum atomic E-state index is -0.0586. The van der Waals surface area contributed by atoms with Crippen LogP contribution in [0.25, 0.3) is 0 Å². The van der Waals surface area contributed by atoms with Crippen LogP contribution in [0, 0.1) is 0 Å². The number of oxime groups is 1. The Balaban J connectivity index is 2.69. The lowest BCUT2D eigenvalue weighted by Crippen LogP contribution is -2.41. The van der Waals surface area contributed by atoms with E-state index in [1.807, 2.05) is 6.08 Å². The van der Waals surface area contributed by atoms with Crippen LogP contribution in [-0.4, -0.2) is 35.1 Å². The van der Waals surface area contributed by atoms with Gasteiger partial charge < -0.3 is 16.3 Å². The summed E-state index contributed by atoms with van der Waals surface area (Å²) in [4.78, 5) is 0. The summed E-state index contributed by atoms with van der Waals surface area (Å²) in [5, 5.41) is 22.5. The molecule has 0 aromatic carbocycles. The molecule has 0 spiro atoms. The van der Waals surface area contributed by atoms with Crippen LogP contribution in [0.5, 0.6) is 0 Å². The molecule has 0 bridgehead atoms. The van der Waals surface area contributed by atoms with Gasteiger partial charge in [-0.05, 0) is 26.8 Å². The second-order valence-electron chi connectivity index (χ2n) is 3.54. The van der Waals surface area contributed by atoms with Crippen LogP contribution in [0.3, 0.4) is 0 Å². The lowest BCUT2D eigenvalue weighted by Gasteiger charge is -2.16. The van der Waals surface area contributed by atoms with Crippen LogP contribution in [-0.2, 0) is 0 Å². The van der Waals surface area contributed by atoms with E-state index < -0.39 is 0 Å². The SMILES string of the molecule is CC(=N\O)/C(C)=N/N=C(N)C1C=CCCN1. The number of rotatable bonds is 3. The van der Waals surface area contributed by atoms with Gasteiger partial charge in [0.1, 0.15) is 5.84 Å². The van der Waals surface area contributed by atoms with E-state index in [-0.39, 0.29) is 6.04 Å². The van der Waals surface area contributed by atoms with Crippen molar-refractivity contribution in [1.29, 1.82) is 0 Å². The summed E-state index contributed by atoms with van der Waals surface area (Å²) in [5.41, 5.74) is 6.72. The Labute approximate surface area is 94.6 Å². The van der Waals surface area contributed by atoms with Crippen molar-refractivity contribution in [2.24, 2.45) is 21.1 Å². The minimum absolute atomic E-state index is 0.0586. The third-order valence-electron chi connectivity index (χ3n) is 2.31. The molecule has 0 aliphatic carbocycles. The molecule has 4 N–H and O–H groups in total. The summed E-state index contributed by atoms with van der Waals surface area (Å²) in [6.07, 6.45) is 5.02. The zero-order chi connectivity index (χ0) is 12.0. The maximum absolute atomic E-state index is 8.52. The number of nitrogens with one attached hydrogen (secondary N) is 1. The summed E-state index contributed by atoms with van der Waals surface area (Å²) in [6.45, 7) is 4.23. The molecule has 1 unspecified atom stereocenters. The van der Waals surface area contributed by atoms with Gasteiger partial charge in [-0.15, -0.1) is 5.10 Å². The first-order chi connectivity index (χ1) is 7.65. The van der Waals surface area contributed by atoms with Gasteiger partial charge in [0.2, 0.25) is 0 Å². The van der Waals surface area contributed by atoms with Gasteiger partial charge in [-0.3, -0.25) is 0 Å². The van der Waals surface area contributed by atoms with Crippen molar-refractivity contribution < 1.29 is 5.21 Å². The van der Waals surface area contributed by atoms with Gasteiger partial charge in [0.25, 0.3) is 0 Å². The van der Waals surface area contributed by atoms with Crippen molar-refractivity contribution in [2.45, 2.75) is 26.3 Å². The van der Waals surface area contributed by atoms with Crippen molar-refractivity contribution in [3.05, 3.63) is 12.2 Å². The number of nitrogens with two attached hydrogens (primary N) is 1. The van der Waals surface area contributed by atoms with Gasteiger partial charge in [-0.25, -0.2) is 0 Å². The summed E-state index contributed by atoms with van der Waals surface area (Å²) < 4.78 is 0. The second kappa shape index (κ2) is 6.02. The molecule has 0 fully saturated rings. The van der Waals surface area contributed by atoms with Crippen molar-refractivity contribution >= 4 is 17.3 Å². The third kappa shape index (κ3) is 3.47. The fraction of sp³-hybridized carbons (Fsp3) is 0.500. The standard InChI is InChI=1S/C10H17N5O/c1-7(8(2)15-16)13-14-10(11)9-5-3-4-6-12-9/h3,5,9,12,16H,4,6H2,1-2H3,(H2,11,14)/b13-7+,15-8+. The lowest BCUT2D eigenvalue weighted by molar-refractivity contribution is 0.320. The molecule has 0 aromatic rings. The first-order valence-electron chi connectivity index (χ1n) is 5.12. The molecule has 1 rings (SSSR count). The Morgan fingerprint density at radius 1 is 1.38 bits per heavy atom. The topological polar surface area (TPSA) is 95.4 Å². The maximum atomic E-state index is 8.52. The number of amidine groups is 1. The molecule has 0 saturated carbocycles. The van der Waals surface area contributed by atoms with Crippen molar-refractivity contribution in [1.82, 2.24) is 5.32 Å². The van der Waals surface area contributed by atoms with E-state index in [1.54, 1.807) is 13.8 Å². The molecule has 16 heavy (non-hydrogen) atoms. The highest BCUT2D eigenvalue weighted by Crippen LogP contribution is 1.97. The molecule has 1 aliphatic heterocycles. The zero-order valence-corrected chi connectivity index (χ0v) is 9.51. The molecule has 6 heteroatoms. The van der Waals surface area contributed by atoms with E-state index in [4.69, 9.17) is 10.9 Å². The minimum Gasteiger partial charge on any atom is -0.411 e. The average Bonchev–Trinajstić information content (AvgIpc) is 2.35. The monoisotopic (exact) mass is 223 g/mol. The van der Waals surface area contributed by atoms with Crippen molar-refractivity contribution in [2.75, 3.05) is 6.54 Å². The predicted octanol–water partition coefficient (Wildman–Crippen LogP) is 0.488. The summed E-state index contributed by atoms with van der Waals surface area (Å²) in [6, 6.07) is -0.0586. The van der Waals surface area contributed by atoms with Gasteiger partial charge in [0.15, 0.2) is 0 Å². The molecule has 1 heterocycles. The molecular formula is C10H17N5O. The summed E-state index contributed by atoms with van der Waals surface area (Å²) >= 11 is 0. The van der Waals surface area contributed by atoms with E-state index >= 15 is 0 Å². The summed E-state index contributed by atoms with van der Waals surface area (Å²) in [5.74, 6) is 0.404. The second-order valence-corrected chi connectivity index (χ2v) is 3.54. The Hall–Kier alpha value is -1.69. The van der Waals surface area contributed by atoms with Crippen LogP contribution in [0.1, 0.15) is 20.3 Å². The van der Waals surface area contributed by atoms with Gasteiger partial charge >= 0.3 is 0 Å². The highest BCUT2D eigenvalue weighted by molar-refractivity contribution is 6.40. The largest absolute Gasteiger partial charge is 0.411 e. The maximum Gasteiger partial charge on any atom is 0.143 e. The van der Waals surface area contributed by atoms with Crippen LogP contribution < -0.4 is 11.1 Å². The molecular weight excluding hydrogens is 206 g/mol. The van der Waals surface area contributed by atoms with Gasteiger partial charge in [0.05, 0.1) is 17.5 Å². The Morgan fingerprint density at radius 2 is 2.12 bits per heavy atom. The number of hydrogen-bond donors (Lipinski definition) is 3. The van der Waals surface area contributed by atoms with E-state index in [1.165, 1.54) is 0 Å². The third-order valence-corrected chi connectivity index (χ3v) is 2.31. The number of hydrogen-bond acceptors (Lipinski definition) is 5. The quantitative estimate of drug-likeness (QED) is 0.213. The summed E-state index contributed by atoms with van der Waals surface area (Å²) in [7, 11) is 0. The Bertz CT molecular complexity index is 356. The van der Waals surface area contributed by atoms with E-state index in [9.17, 15) is 0 Å². The van der Waals surface area contributed by atoms with Crippen LogP contribution in [0.2, 0.25) is 0 Å². The molecule has 0 aromatic heterocycles.